The molecule has 0 radical (unpaired) electrons. The lowest BCUT2D eigenvalue weighted by Crippen LogP contribution is -2.06. The third-order valence-electron chi connectivity index (χ3n) is 2.52. The van der Waals surface area contributed by atoms with Crippen molar-refractivity contribution in [3.05, 3.63) is 54.6 Å². The minimum Gasteiger partial charge on any atom is -0.744 e. The zero-order chi connectivity index (χ0) is 13.9. The molecule has 0 saturated heterocycles. The molecule has 0 heterocycles. The van der Waals surface area contributed by atoms with E-state index in [4.69, 9.17) is 0 Å². The summed E-state index contributed by atoms with van der Waals surface area (Å²) in [6.45, 7) is 14.3. The van der Waals surface area contributed by atoms with Gasteiger partial charge in [-0.1, -0.05) is 50.6 Å². The van der Waals surface area contributed by atoms with Crippen LogP contribution in [0.3, 0.4) is 0 Å². The average molecular weight is 261 g/mol. The smallest absolute Gasteiger partial charge is 0.125 e. The van der Waals surface area contributed by atoms with Crippen molar-refractivity contribution < 1.29 is 13.0 Å². The topological polar surface area (TPSA) is 57.2 Å². The number of hydrogen-bond donors (Lipinski definition) is 0. The SMILES string of the molecule is C=Cc1cc(C=C)c(S(=O)(=O)[O-])c(C=C)c1C=C. The van der Waals surface area contributed by atoms with Crippen LogP contribution in [0.15, 0.2) is 37.3 Å². The lowest BCUT2D eigenvalue weighted by Gasteiger charge is -2.18. The Labute approximate surface area is 107 Å². The van der Waals surface area contributed by atoms with Crippen LogP contribution in [0.1, 0.15) is 22.3 Å². The van der Waals surface area contributed by atoms with E-state index in [1.54, 1.807) is 6.08 Å². The van der Waals surface area contributed by atoms with Crippen LogP contribution in [0.2, 0.25) is 0 Å². The first-order chi connectivity index (χ1) is 8.40. The van der Waals surface area contributed by atoms with E-state index < -0.39 is 10.1 Å². The monoisotopic (exact) mass is 261 g/mol. The first-order valence-corrected chi connectivity index (χ1v) is 6.48. The molecule has 0 fully saturated rings. The van der Waals surface area contributed by atoms with Gasteiger partial charge in [0.25, 0.3) is 0 Å². The summed E-state index contributed by atoms with van der Waals surface area (Å²) in [5.74, 6) is 0. The van der Waals surface area contributed by atoms with E-state index >= 15 is 0 Å². The van der Waals surface area contributed by atoms with Gasteiger partial charge in [-0.25, -0.2) is 8.42 Å². The van der Waals surface area contributed by atoms with E-state index in [0.29, 0.717) is 11.1 Å². The van der Waals surface area contributed by atoms with Gasteiger partial charge in [0.05, 0.1) is 4.90 Å². The van der Waals surface area contributed by atoms with Gasteiger partial charge in [-0.05, 0) is 28.3 Å². The summed E-state index contributed by atoms with van der Waals surface area (Å²) in [6, 6.07) is 1.54. The second-order valence-corrected chi connectivity index (χ2v) is 4.80. The van der Waals surface area contributed by atoms with Gasteiger partial charge in [-0.2, -0.15) is 0 Å². The van der Waals surface area contributed by atoms with Crippen molar-refractivity contribution in [2.75, 3.05) is 0 Å². The van der Waals surface area contributed by atoms with Crippen LogP contribution >= 0.6 is 0 Å². The van der Waals surface area contributed by atoms with Gasteiger partial charge in [0.2, 0.25) is 0 Å². The summed E-state index contributed by atoms with van der Waals surface area (Å²) in [5.41, 5.74) is 1.65. The Morgan fingerprint density at radius 1 is 0.889 bits per heavy atom. The molecule has 94 valence electrons. The Morgan fingerprint density at radius 3 is 1.72 bits per heavy atom. The molecule has 0 amide bonds. The maximum absolute atomic E-state index is 11.3. The van der Waals surface area contributed by atoms with E-state index in [-0.39, 0.29) is 16.0 Å². The van der Waals surface area contributed by atoms with Crippen LogP contribution in [0.25, 0.3) is 24.3 Å². The highest BCUT2D eigenvalue weighted by Crippen LogP contribution is 2.30. The summed E-state index contributed by atoms with van der Waals surface area (Å²) in [7, 11) is -4.62. The molecule has 1 aromatic carbocycles. The average Bonchev–Trinajstić information content (AvgIpc) is 2.34. The van der Waals surface area contributed by atoms with E-state index in [1.807, 2.05) is 0 Å². The van der Waals surface area contributed by atoms with Crippen LogP contribution in [0.5, 0.6) is 0 Å². The molecular formula is C14H13O3S-. The Kier molecular flexibility index (Phi) is 4.06. The van der Waals surface area contributed by atoms with Gasteiger partial charge in [-0.15, -0.1) is 0 Å². The third kappa shape index (κ3) is 2.34. The molecule has 3 nitrogen and oxygen atoms in total. The molecule has 1 rings (SSSR count). The van der Waals surface area contributed by atoms with Crippen molar-refractivity contribution in [2.24, 2.45) is 0 Å². The quantitative estimate of drug-likeness (QED) is 0.765. The largest absolute Gasteiger partial charge is 0.744 e. The van der Waals surface area contributed by atoms with Crippen molar-refractivity contribution in [1.82, 2.24) is 0 Å². The molecule has 0 bridgehead atoms. The summed E-state index contributed by atoms with van der Waals surface area (Å²) < 4.78 is 34.0. The molecule has 0 aliphatic carbocycles. The van der Waals surface area contributed by atoms with Gasteiger partial charge in [0.15, 0.2) is 0 Å². The molecule has 0 N–H and O–H groups in total. The molecule has 0 unspecified atom stereocenters. The van der Waals surface area contributed by atoms with Crippen molar-refractivity contribution in [2.45, 2.75) is 4.90 Å². The highest BCUT2D eigenvalue weighted by Gasteiger charge is 2.16. The van der Waals surface area contributed by atoms with Gasteiger partial charge in [-0.3, -0.25) is 0 Å². The van der Waals surface area contributed by atoms with Gasteiger partial charge < -0.3 is 4.55 Å². The molecule has 0 spiro atoms. The zero-order valence-corrected chi connectivity index (χ0v) is 10.7. The molecule has 0 aliphatic rings. The highest BCUT2D eigenvalue weighted by atomic mass is 32.2. The molecule has 0 aromatic heterocycles. The van der Waals surface area contributed by atoms with Crippen molar-refractivity contribution >= 4 is 34.4 Å². The Hall–Kier alpha value is -1.91. The second-order valence-electron chi connectivity index (χ2n) is 3.48. The van der Waals surface area contributed by atoms with Crippen molar-refractivity contribution in [1.29, 1.82) is 0 Å². The summed E-state index contributed by atoms with van der Waals surface area (Å²) in [6.07, 6.45) is 5.66. The van der Waals surface area contributed by atoms with Crippen LogP contribution in [0, 0.1) is 0 Å². The lowest BCUT2D eigenvalue weighted by atomic mass is 9.97. The fraction of sp³-hybridized carbons (Fsp3) is 0. The van der Waals surface area contributed by atoms with Gasteiger partial charge in [0.1, 0.15) is 10.1 Å². The Morgan fingerprint density at radius 2 is 1.39 bits per heavy atom. The van der Waals surface area contributed by atoms with Crippen LogP contribution in [-0.2, 0) is 10.1 Å². The fourth-order valence-corrected chi connectivity index (χ4v) is 2.67. The summed E-state index contributed by atoms with van der Waals surface area (Å²) >= 11 is 0. The molecule has 4 heteroatoms. The maximum atomic E-state index is 11.3. The first kappa shape index (κ1) is 14.2. The molecule has 0 aliphatic heterocycles. The van der Waals surface area contributed by atoms with E-state index in [9.17, 15) is 13.0 Å². The maximum Gasteiger partial charge on any atom is 0.125 e. The van der Waals surface area contributed by atoms with Crippen molar-refractivity contribution in [3.8, 4) is 0 Å². The summed E-state index contributed by atoms with van der Waals surface area (Å²) in [4.78, 5) is -0.326. The fourth-order valence-electron chi connectivity index (χ4n) is 1.77. The van der Waals surface area contributed by atoms with Crippen molar-refractivity contribution in [3.63, 3.8) is 0 Å². The molecule has 18 heavy (non-hydrogen) atoms. The normalized spacial score (nSPS) is 10.7. The Balaban J connectivity index is 4.02. The first-order valence-electron chi connectivity index (χ1n) is 5.07. The van der Waals surface area contributed by atoms with E-state index in [0.717, 1.165) is 0 Å². The van der Waals surface area contributed by atoms with E-state index in [1.165, 1.54) is 24.3 Å². The molecule has 1 aromatic rings. The number of rotatable bonds is 5. The molecule has 0 atom stereocenters. The third-order valence-corrected chi connectivity index (χ3v) is 3.47. The number of benzene rings is 1. The minimum absolute atomic E-state index is 0.229. The molecule has 0 saturated carbocycles. The van der Waals surface area contributed by atoms with E-state index in [2.05, 4.69) is 26.3 Å². The van der Waals surface area contributed by atoms with Gasteiger partial charge in [0, 0.05) is 0 Å². The Bertz CT molecular complexity index is 637. The van der Waals surface area contributed by atoms with Gasteiger partial charge >= 0.3 is 0 Å². The van der Waals surface area contributed by atoms with Crippen LogP contribution < -0.4 is 0 Å². The summed E-state index contributed by atoms with van der Waals surface area (Å²) in [5, 5.41) is 0. The van der Waals surface area contributed by atoms with Crippen LogP contribution in [-0.4, -0.2) is 13.0 Å². The molecular weight excluding hydrogens is 248 g/mol. The minimum atomic E-state index is -4.62. The second kappa shape index (κ2) is 5.16. The standard InChI is InChI=1S/C14H14O3S/c1-5-10-9-11(6-2)14(18(15,16)17)13(8-4)12(10)7-3/h5-9H,1-4H2,(H,15,16,17)/p-1. The zero-order valence-electron chi connectivity index (χ0n) is 9.85. The highest BCUT2D eigenvalue weighted by molar-refractivity contribution is 7.85. The number of hydrogen-bond acceptors (Lipinski definition) is 3. The lowest BCUT2D eigenvalue weighted by molar-refractivity contribution is 0.462. The van der Waals surface area contributed by atoms with Crippen LogP contribution in [0.4, 0.5) is 0 Å². The predicted octanol–water partition coefficient (Wildman–Crippen LogP) is 3.16. The predicted molar refractivity (Wildman–Crippen MR) is 74.8 cm³/mol.